The Morgan fingerprint density at radius 1 is 1.11 bits per heavy atom. The quantitative estimate of drug-likeness (QED) is 0.386. The number of aryl methyl sites for hydroxylation is 1. The van der Waals surface area contributed by atoms with Gasteiger partial charge < -0.3 is 20.7 Å². The molecule has 0 radical (unpaired) electrons. The number of aromatic amines is 1. The van der Waals surface area contributed by atoms with Gasteiger partial charge in [-0.2, -0.15) is 4.98 Å². The van der Waals surface area contributed by atoms with Crippen molar-refractivity contribution in [3.8, 4) is 5.75 Å². The van der Waals surface area contributed by atoms with Gasteiger partial charge in [0.05, 0.1) is 10.7 Å². The van der Waals surface area contributed by atoms with Gasteiger partial charge >= 0.3 is 0 Å². The first-order valence-electron chi connectivity index (χ1n) is 8.12. The van der Waals surface area contributed by atoms with Crippen molar-refractivity contribution in [3.63, 3.8) is 0 Å². The van der Waals surface area contributed by atoms with E-state index in [1.807, 2.05) is 25.1 Å². The second-order valence-corrected chi connectivity index (χ2v) is 6.46. The minimum absolute atomic E-state index is 0.0262. The Bertz CT molecular complexity index is 1140. The molecule has 0 spiro atoms. The number of anilines is 4. The number of aromatic hydroxyl groups is 1. The van der Waals surface area contributed by atoms with Gasteiger partial charge in [-0.15, -0.1) is 0 Å². The summed E-state index contributed by atoms with van der Waals surface area (Å²) in [6.45, 7) is 2.00. The fourth-order valence-corrected chi connectivity index (χ4v) is 2.90. The third kappa shape index (κ3) is 3.63. The van der Waals surface area contributed by atoms with Gasteiger partial charge in [-0.3, -0.25) is 0 Å². The van der Waals surface area contributed by atoms with E-state index in [0.29, 0.717) is 5.82 Å². The monoisotopic (exact) mass is 383 g/mol. The number of hydrogen-bond donors (Lipinski definition) is 4. The van der Waals surface area contributed by atoms with E-state index in [9.17, 15) is 9.50 Å². The molecule has 0 bridgehead atoms. The maximum atomic E-state index is 14.0. The van der Waals surface area contributed by atoms with Crippen LogP contribution < -0.4 is 10.6 Å². The maximum Gasteiger partial charge on any atom is 0.229 e. The van der Waals surface area contributed by atoms with Crippen molar-refractivity contribution in [1.82, 2.24) is 15.0 Å². The molecule has 27 heavy (non-hydrogen) atoms. The van der Waals surface area contributed by atoms with Crippen LogP contribution in [0.2, 0.25) is 5.02 Å². The molecule has 0 unspecified atom stereocenters. The van der Waals surface area contributed by atoms with E-state index >= 15 is 0 Å². The first-order chi connectivity index (χ1) is 13.0. The molecule has 8 heteroatoms. The average Bonchev–Trinajstić information content (AvgIpc) is 2.99. The number of nitrogens with zero attached hydrogens (tertiary/aromatic N) is 2. The Morgan fingerprint density at radius 3 is 2.81 bits per heavy atom. The lowest BCUT2D eigenvalue weighted by molar-refractivity contribution is 0.474. The van der Waals surface area contributed by atoms with E-state index in [1.165, 1.54) is 6.07 Å². The van der Waals surface area contributed by atoms with Gasteiger partial charge in [-0.25, -0.2) is 9.37 Å². The molecule has 2 aromatic carbocycles. The van der Waals surface area contributed by atoms with E-state index in [1.54, 1.807) is 12.3 Å². The molecule has 0 aliphatic carbocycles. The highest BCUT2D eigenvalue weighted by Gasteiger charge is 2.10. The molecule has 0 aliphatic heterocycles. The summed E-state index contributed by atoms with van der Waals surface area (Å²) < 4.78 is 14.0. The first-order valence-corrected chi connectivity index (χ1v) is 8.50. The predicted molar refractivity (Wildman–Crippen MR) is 105 cm³/mol. The summed E-state index contributed by atoms with van der Waals surface area (Å²) in [6, 6.07) is 11.9. The number of rotatable bonds is 4. The largest absolute Gasteiger partial charge is 0.506 e. The number of halogens is 2. The number of phenolic OH excluding ortho intramolecular Hbond substituents is 1. The van der Waals surface area contributed by atoms with Gasteiger partial charge in [0.15, 0.2) is 0 Å². The van der Waals surface area contributed by atoms with Crippen molar-refractivity contribution in [2.45, 2.75) is 6.92 Å². The van der Waals surface area contributed by atoms with E-state index in [4.69, 9.17) is 11.6 Å². The number of benzene rings is 2. The van der Waals surface area contributed by atoms with Gasteiger partial charge in [0.2, 0.25) is 5.95 Å². The minimum Gasteiger partial charge on any atom is -0.506 e. The highest BCUT2D eigenvalue weighted by Crippen LogP contribution is 2.30. The van der Waals surface area contributed by atoms with Crippen LogP contribution in [-0.2, 0) is 0 Å². The standard InChI is InChI=1S/C19H15ClFN5O/c1-10-6-11-7-12(2-3-15(11)23-10)24-18-4-5-22-19(26-18)25-16-9-17(27)13(20)8-14(16)21/h2-9,23,27H,1H3,(H2,22,24,25,26). The molecule has 2 heterocycles. The molecule has 2 aromatic heterocycles. The van der Waals surface area contributed by atoms with Gasteiger partial charge in [0.1, 0.15) is 17.4 Å². The second kappa shape index (κ2) is 6.77. The number of nitrogens with one attached hydrogen (secondary N) is 3. The molecule has 0 fully saturated rings. The first kappa shape index (κ1) is 17.1. The molecule has 136 valence electrons. The highest BCUT2D eigenvalue weighted by molar-refractivity contribution is 6.32. The molecule has 0 aliphatic rings. The maximum absolute atomic E-state index is 14.0. The van der Waals surface area contributed by atoms with Crippen molar-refractivity contribution in [2.24, 2.45) is 0 Å². The average molecular weight is 384 g/mol. The fraction of sp³-hybridized carbons (Fsp3) is 0.0526. The van der Waals surface area contributed by atoms with Crippen LogP contribution in [0.1, 0.15) is 5.69 Å². The number of phenols is 1. The van der Waals surface area contributed by atoms with Crippen LogP contribution in [0.25, 0.3) is 10.9 Å². The number of hydrogen-bond acceptors (Lipinski definition) is 5. The number of H-pyrrole nitrogens is 1. The topological polar surface area (TPSA) is 85.9 Å². The van der Waals surface area contributed by atoms with Crippen LogP contribution in [0.5, 0.6) is 5.75 Å². The van der Waals surface area contributed by atoms with Crippen molar-refractivity contribution in [2.75, 3.05) is 10.6 Å². The van der Waals surface area contributed by atoms with Crippen molar-refractivity contribution in [1.29, 1.82) is 0 Å². The third-order valence-corrected chi connectivity index (χ3v) is 4.27. The molecular formula is C19H15ClFN5O. The van der Waals surface area contributed by atoms with Crippen LogP contribution in [0.4, 0.5) is 27.5 Å². The zero-order valence-electron chi connectivity index (χ0n) is 14.2. The summed E-state index contributed by atoms with van der Waals surface area (Å²) >= 11 is 5.69. The van der Waals surface area contributed by atoms with Crippen molar-refractivity contribution < 1.29 is 9.50 Å². The Kier molecular flexibility index (Phi) is 4.29. The van der Waals surface area contributed by atoms with E-state index in [0.717, 1.165) is 28.4 Å². The molecule has 0 atom stereocenters. The van der Waals surface area contributed by atoms with Crippen LogP contribution in [0.15, 0.2) is 48.7 Å². The van der Waals surface area contributed by atoms with Crippen LogP contribution in [-0.4, -0.2) is 20.1 Å². The number of fused-ring (bicyclic) bond motifs is 1. The van der Waals surface area contributed by atoms with E-state index in [2.05, 4.69) is 31.7 Å². The summed E-state index contributed by atoms with van der Waals surface area (Å²) in [4.78, 5) is 11.7. The van der Waals surface area contributed by atoms with E-state index in [-0.39, 0.29) is 22.4 Å². The molecular weight excluding hydrogens is 369 g/mol. The SMILES string of the molecule is Cc1cc2cc(Nc3ccnc(Nc4cc(O)c(Cl)cc4F)n3)ccc2[nH]1. The Hall–Kier alpha value is -3.32. The Labute approximate surface area is 159 Å². The van der Waals surface area contributed by atoms with E-state index < -0.39 is 5.82 Å². The summed E-state index contributed by atoms with van der Waals surface area (Å²) in [6.07, 6.45) is 1.55. The second-order valence-electron chi connectivity index (χ2n) is 6.05. The molecule has 4 N–H and O–H groups in total. The van der Waals surface area contributed by atoms with Gasteiger partial charge in [0.25, 0.3) is 0 Å². The zero-order chi connectivity index (χ0) is 19.0. The van der Waals surface area contributed by atoms with Gasteiger partial charge in [0, 0.05) is 34.5 Å². The lowest BCUT2D eigenvalue weighted by Gasteiger charge is -2.10. The molecule has 6 nitrogen and oxygen atoms in total. The number of aromatic nitrogens is 3. The van der Waals surface area contributed by atoms with Crippen molar-refractivity contribution in [3.05, 3.63) is 65.2 Å². The third-order valence-electron chi connectivity index (χ3n) is 3.97. The molecule has 0 saturated carbocycles. The van der Waals surface area contributed by atoms with Gasteiger partial charge in [-0.05, 0) is 43.3 Å². The zero-order valence-corrected chi connectivity index (χ0v) is 15.0. The normalized spacial score (nSPS) is 10.9. The lowest BCUT2D eigenvalue weighted by Crippen LogP contribution is -2.01. The predicted octanol–water partition coefficient (Wildman–Crippen LogP) is 5.25. The van der Waals surface area contributed by atoms with Crippen LogP contribution in [0.3, 0.4) is 0 Å². The summed E-state index contributed by atoms with van der Waals surface area (Å²) in [5.41, 5.74) is 3.03. The fourth-order valence-electron chi connectivity index (χ4n) is 2.75. The molecule has 0 amide bonds. The molecule has 4 aromatic rings. The van der Waals surface area contributed by atoms with Crippen molar-refractivity contribution >= 4 is 45.6 Å². The highest BCUT2D eigenvalue weighted by atomic mass is 35.5. The minimum atomic E-state index is -0.618. The smallest absolute Gasteiger partial charge is 0.229 e. The van der Waals surface area contributed by atoms with Crippen LogP contribution in [0, 0.1) is 12.7 Å². The van der Waals surface area contributed by atoms with Gasteiger partial charge in [-0.1, -0.05) is 11.6 Å². The summed E-state index contributed by atoms with van der Waals surface area (Å²) in [7, 11) is 0. The van der Waals surface area contributed by atoms with Crippen LogP contribution >= 0.6 is 11.6 Å². The Balaban J connectivity index is 1.57. The summed E-state index contributed by atoms with van der Waals surface area (Å²) in [5, 5.41) is 16.6. The lowest BCUT2D eigenvalue weighted by atomic mass is 10.2. The summed E-state index contributed by atoms with van der Waals surface area (Å²) in [5.74, 6) is -0.130. The Morgan fingerprint density at radius 2 is 1.96 bits per heavy atom. The molecule has 0 saturated heterocycles. The molecule has 4 rings (SSSR count).